The number of primary amides is 1. The van der Waals surface area contributed by atoms with Gasteiger partial charge in [0.05, 0.1) is 5.52 Å². The number of nitrogen functional groups attached to an aromatic ring is 1. The number of benzene rings is 1. The molecule has 134 valence electrons. The Labute approximate surface area is 145 Å². The van der Waals surface area contributed by atoms with E-state index in [2.05, 4.69) is 5.10 Å². The molecular formula is C17H23N5O3. The highest BCUT2D eigenvalue weighted by molar-refractivity contribution is 6.05. The molecule has 1 atom stereocenters. The lowest BCUT2D eigenvalue weighted by Crippen LogP contribution is -2.16. The maximum absolute atomic E-state index is 12.3. The molecule has 6 N–H and O–H groups in total. The predicted molar refractivity (Wildman–Crippen MR) is 94.7 cm³/mol. The molecule has 0 fully saturated rings. The van der Waals surface area contributed by atoms with Crippen molar-refractivity contribution in [2.75, 3.05) is 12.3 Å². The SMILES string of the molecule is NCCC(CC=O)CCC(=O)Cn1nc(C(N)=O)c2cc(N)ccc21. The van der Waals surface area contributed by atoms with Crippen molar-refractivity contribution >= 4 is 34.6 Å². The van der Waals surface area contributed by atoms with E-state index in [1.807, 2.05) is 0 Å². The Kier molecular flexibility index (Phi) is 6.24. The average molecular weight is 345 g/mol. The zero-order valence-corrected chi connectivity index (χ0v) is 14.0. The van der Waals surface area contributed by atoms with Crippen LogP contribution in [0.3, 0.4) is 0 Å². The number of anilines is 1. The number of nitrogens with zero attached hydrogens (tertiary/aromatic N) is 2. The van der Waals surface area contributed by atoms with Gasteiger partial charge in [-0.3, -0.25) is 14.3 Å². The smallest absolute Gasteiger partial charge is 0.269 e. The van der Waals surface area contributed by atoms with Gasteiger partial charge in [0.25, 0.3) is 5.91 Å². The molecule has 25 heavy (non-hydrogen) atoms. The fourth-order valence-electron chi connectivity index (χ4n) is 2.86. The normalized spacial score (nSPS) is 12.2. The Bertz CT molecular complexity index is 784. The van der Waals surface area contributed by atoms with E-state index < -0.39 is 5.91 Å². The summed E-state index contributed by atoms with van der Waals surface area (Å²) in [4.78, 5) is 34.5. The summed E-state index contributed by atoms with van der Waals surface area (Å²) < 4.78 is 1.47. The summed E-state index contributed by atoms with van der Waals surface area (Å²) in [7, 11) is 0. The molecule has 1 aromatic carbocycles. The summed E-state index contributed by atoms with van der Waals surface area (Å²) in [5, 5.41) is 4.69. The van der Waals surface area contributed by atoms with Crippen molar-refractivity contribution in [3.05, 3.63) is 23.9 Å². The van der Waals surface area contributed by atoms with Crippen LogP contribution in [0.1, 0.15) is 36.2 Å². The van der Waals surface area contributed by atoms with Crippen LogP contribution < -0.4 is 17.2 Å². The summed E-state index contributed by atoms with van der Waals surface area (Å²) in [6, 6.07) is 5.00. The minimum Gasteiger partial charge on any atom is -0.399 e. The first-order valence-electron chi connectivity index (χ1n) is 8.17. The van der Waals surface area contributed by atoms with Crippen LogP contribution in [-0.2, 0) is 16.1 Å². The Balaban J connectivity index is 2.13. The lowest BCUT2D eigenvalue weighted by molar-refractivity contribution is -0.120. The topological polar surface area (TPSA) is 147 Å². The van der Waals surface area contributed by atoms with Crippen molar-refractivity contribution in [3.8, 4) is 0 Å². The molecule has 1 heterocycles. The van der Waals surface area contributed by atoms with Crippen molar-refractivity contribution in [3.63, 3.8) is 0 Å². The molecule has 0 aliphatic rings. The third-order valence-electron chi connectivity index (χ3n) is 4.17. The third kappa shape index (κ3) is 4.63. The maximum Gasteiger partial charge on any atom is 0.269 e. The second-order valence-electron chi connectivity index (χ2n) is 6.07. The Morgan fingerprint density at radius 2 is 2.04 bits per heavy atom. The number of ketones is 1. The van der Waals surface area contributed by atoms with Crippen molar-refractivity contribution in [2.24, 2.45) is 17.4 Å². The lowest BCUT2D eigenvalue weighted by atomic mass is 9.95. The lowest BCUT2D eigenvalue weighted by Gasteiger charge is -2.12. The summed E-state index contributed by atoms with van der Waals surface area (Å²) in [5.74, 6) is -0.595. The molecule has 1 amide bonds. The highest BCUT2D eigenvalue weighted by atomic mass is 16.1. The van der Waals surface area contributed by atoms with Crippen LogP contribution in [-0.4, -0.2) is 34.3 Å². The fraction of sp³-hybridized carbons (Fsp3) is 0.412. The van der Waals surface area contributed by atoms with E-state index in [1.165, 1.54) is 4.68 Å². The monoisotopic (exact) mass is 345 g/mol. The molecule has 0 saturated heterocycles. The number of carbonyl (C=O) groups excluding carboxylic acids is 3. The summed E-state index contributed by atoms with van der Waals surface area (Å²) in [6.45, 7) is 0.518. The predicted octanol–water partition coefficient (Wildman–Crippen LogP) is 0.621. The molecule has 0 spiro atoms. The van der Waals surface area contributed by atoms with Crippen LogP contribution in [0.15, 0.2) is 18.2 Å². The average Bonchev–Trinajstić information content (AvgIpc) is 2.91. The number of amides is 1. The van der Waals surface area contributed by atoms with E-state index in [4.69, 9.17) is 17.2 Å². The second kappa shape index (κ2) is 8.39. The van der Waals surface area contributed by atoms with Gasteiger partial charge in [0, 0.05) is 23.9 Å². The van der Waals surface area contributed by atoms with Gasteiger partial charge in [0.15, 0.2) is 11.5 Å². The van der Waals surface area contributed by atoms with Crippen LogP contribution in [0.25, 0.3) is 10.9 Å². The van der Waals surface area contributed by atoms with Gasteiger partial charge < -0.3 is 22.0 Å². The molecule has 8 nitrogen and oxygen atoms in total. The molecule has 0 aliphatic heterocycles. The minimum absolute atomic E-state index is 0.0319. The van der Waals surface area contributed by atoms with E-state index >= 15 is 0 Å². The zero-order chi connectivity index (χ0) is 18.4. The van der Waals surface area contributed by atoms with Gasteiger partial charge in [-0.25, -0.2) is 0 Å². The van der Waals surface area contributed by atoms with Crippen LogP contribution in [0.5, 0.6) is 0 Å². The molecule has 0 radical (unpaired) electrons. The third-order valence-corrected chi connectivity index (χ3v) is 4.17. The standard InChI is InChI=1S/C17H23N5O3/c18-7-5-11(6-8-23)1-3-13(24)10-22-15-4-2-12(19)9-14(15)16(21-22)17(20)25/h2,4,8-9,11H,1,3,5-7,10,18-19H2,(H2,20,25). The van der Waals surface area contributed by atoms with Crippen molar-refractivity contribution < 1.29 is 14.4 Å². The van der Waals surface area contributed by atoms with E-state index in [0.29, 0.717) is 48.8 Å². The Morgan fingerprint density at radius 1 is 1.28 bits per heavy atom. The molecule has 0 saturated carbocycles. The summed E-state index contributed by atoms with van der Waals surface area (Å²) in [5.41, 5.74) is 17.8. The molecule has 2 aromatic rings. The highest BCUT2D eigenvalue weighted by Gasteiger charge is 2.17. The molecule has 0 bridgehead atoms. The number of Topliss-reactive ketones (excluding diaryl/α,β-unsaturated/α-hetero) is 1. The zero-order valence-electron chi connectivity index (χ0n) is 14.0. The van der Waals surface area contributed by atoms with Crippen LogP contribution >= 0.6 is 0 Å². The number of hydrogen-bond donors (Lipinski definition) is 3. The van der Waals surface area contributed by atoms with Crippen molar-refractivity contribution in [2.45, 2.75) is 32.2 Å². The molecule has 1 unspecified atom stereocenters. The van der Waals surface area contributed by atoms with Gasteiger partial charge in [-0.2, -0.15) is 5.10 Å². The first-order chi connectivity index (χ1) is 12.0. The molecule has 2 rings (SSSR count). The second-order valence-corrected chi connectivity index (χ2v) is 6.07. The van der Waals surface area contributed by atoms with Gasteiger partial charge >= 0.3 is 0 Å². The van der Waals surface area contributed by atoms with Gasteiger partial charge in [-0.15, -0.1) is 0 Å². The maximum atomic E-state index is 12.3. The first kappa shape index (κ1) is 18.6. The Morgan fingerprint density at radius 3 is 2.68 bits per heavy atom. The quantitative estimate of drug-likeness (QED) is 0.425. The fourth-order valence-corrected chi connectivity index (χ4v) is 2.86. The number of hydrogen-bond acceptors (Lipinski definition) is 6. The van der Waals surface area contributed by atoms with Gasteiger partial charge in [0.1, 0.15) is 12.8 Å². The number of fused-ring (bicyclic) bond motifs is 1. The Hall–Kier alpha value is -2.74. The number of rotatable bonds is 10. The van der Waals surface area contributed by atoms with Crippen LogP contribution in [0, 0.1) is 5.92 Å². The van der Waals surface area contributed by atoms with Gasteiger partial charge in [-0.05, 0) is 43.5 Å². The van der Waals surface area contributed by atoms with E-state index in [9.17, 15) is 14.4 Å². The van der Waals surface area contributed by atoms with E-state index in [1.54, 1.807) is 18.2 Å². The number of aromatic nitrogens is 2. The molecular weight excluding hydrogens is 322 g/mol. The van der Waals surface area contributed by atoms with Gasteiger partial charge in [-0.1, -0.05) is 0 Å². The minimum atomic E-state index is -0.671. The summed E-state index contributed by atoms with van der Waals surface area (Å²) in [6.07, 6.45) is 2.89. The molecule has 0 aliphatic carbocycles. The van der Waals surface area contributed by atoms with E-state index in [0.717, 1.165) is 6.29 Å². The largest absolute Gasteiger partial charge is 0.399 e. The molecule has 1 aromatic heterocycles. The number of aldehydes is 1. The van der Waals surface area contributed by atoms with Crippen LogP contribution in [0.4, 0.5) is 5.69 Å². The van der Waals surface area contributed by atoms with Gasteiger partial charge in [0.2, 0.25) is 0 Å². The van der Waals surface area contributed by atoms with Crippen molar-refractivity contribution in [1.82, 2.24) is 9.78 Å². The first-order valence-corrected chi connectivity index (χ1v) is 8.17. The number of carbonyl (C=O) groups is 3. The molecule has 8 heteroatoms. The van der Waals surface area contributed by atoms with Crippen LogP contribution in [0.2, 0.25) is 0 Å². The van der Waals surface area contributed by atoms with Crippen molar-refractivity contribution in [1.29, 1.82) is 0 Å². The van der Waals surface area contributed by atoms with E-state index in [-0.39, 0.29) is 23.9 Å². The summed E-state index contributed by atoms with van der Waals surface area (Å²) >= 11 is 0. The number of nitrogens with two attached hydrogens (primary N) is 3. The highest BCUT2D eigenvalue weighted by Crippen LogP contribution is 2.22.